The SMILES string of the molecule is Cc1nnc(-c2ccc(OC3=CC(C)(c4ccc(OC(F)(F)F)cc4)ON3)cn2)o1. The van der Waals surface area contributed by atoms with Crippen molar-refractivity contribution < 1.29 is 31.9 Å². The summed E-state index contributed by atoms with van der Waals surface area (Å²) >= 11 is 0. The number of benzene rings is 1. The van der Waals surface area contributed by atoms with E-state index in [1.54, 1.807) is 32.1 Å². The molecule has 11 heteroatoms. The second kappa shape index (κ2) is 7.34. The minimum Gasteiger partial charge on any atom is -0.438 e. The first kappa shape index (κ1) is 19.7. The quantitative estimate of drug-likeness (QED) is 0.662. The second-order valence-corrected chi connectivity index (χ2v) is 6.50. The van der Waals surface area contributed by atoms with Gasteiger partial charge in [-0.25, -0.2) is 10.5 Å². The Bertz CT molecular complexity index is 1060. The van der Waals surface area contributed by atoms with Crippen molar-refractivity contribution in [1.82, 2.24) is 20.7 Å². The third kappa shape index (κ3) is 4.35. The molecular weight excluding hydrogens is 405 g/mol. The molecule has 1 aromatic carbocycles. The number of nitrogens with zero attached hydrogens (tertiary/aromatic N) is 3. The molecule has 3 heterocycles. The van der Waals surface area contributed by atoms with Gasteiger partial charge in [-0.05, 0) is 36.8 Å². The molecule has 0 fully saturated rings. The molecule has 0 spiro atoms. The van der Waals surface area contributed by atoms with E-state index in [1.807, 2.05) is 0 Å². The Morgan fingerprint density at radius 1 is 1.03 bits per heavy atom. The number of alkyl halides is 3. The average Bonchev–Trinajstić information content (AvgIpc) is 3.28. The van der Waals surface area contributed by atoms with Gasteiger partial charge < -0.3 is 13.9 Å². The van der Waals surface area contributed by atoms with Gasteiger partial charge in [0.25, 0.3) is 5.89 Å². The van der Waals surface area contributed by atoms with Crippen molar-refractivity contribution in [2.75, 3.05) is 0 Å². The Hall–Kier alpha value is -3.60. The summed E-state index contributed by atoms with van der Waals surface area (Å²) in [7, 11) is 0. The van der Waals surface area contributed by atoms with Crippen molar-refractivity contribution in [3.63, 3.8) is 0 Å². The highest BCUT2D eigenvalue weighted by molar-refractivity contribution is 5.47. The Morgan fingerprint density at radius 2 is 1.77 bits per heavy atom. The monoisotopic (exact) mass is 420 g/mol. The minimum absolute atomic E-state index is 0.297. The predicted molar refractivity (Wildman–Crippen MR) is 95.7 cm³/mol. The number of aryl methyl sites for hydroxylation is 1. The number of ether oxygens (including phenoxy) is 2. The highest BCUT2D eigenvalue weighted by atomic mass is 19.4. The molecule has 1 atom stereocenters. The van der Waals surface area contributed by atoms with E-state index in [-0.39, 0.29) is 5.75 Å². The van der Waals surface area contributed by atoms with Crippen LogP contribution in [0.5, 0.6) is 11.5 Å². The summed E-state index contributed by atoms with van der Waals surface area (Å²) in [4.78, 5) is 9.78. The zero-order chi connectivity index (χ0) is 21.4. The molecule has 1 aliphatic rings. The molecule has 3 aromatic rings. The molecule has 2 aromatic heterocycles. The summed E-state index contributed by atoms with van der Waals surface area (Å²) in [5, 5.41) is 7.64. The number of halogens is 3. The number of hydroxylamine groups is 1. The first-order valence-corrected chi connectivity index (χ1v) is 8.68. The van der Waals surface area contributed by atoms with Crippen LogP contribution in [-0.2, 0) is 10.4 Å². The second-order valence-electron chi connectivity index (χ2n) is 6.50. The lowest BCUT2D eigenvalue weighted by Crippen LogP contribution is -2.23. The number of hydrogen-bond donors (Lipinski definition) is 1. The zero-order valence-electron chi connectivity index (χ0n) is 15.7. The van der Waals surface area contributed by atoms with E-state index in [4.69, 9.17) is 14.0 Å². The molecule has 8 nitrogen and oxygen atoms in total. The van der Waals surface area contributed by atoms with Crippen molar-refractivity contribution in [3.05, 3.63) is 66.0 Å². The Labute approximate surface area is 168 Å². The van der Waals surface area contributed by atoms with Gasteiger partial charge in [-0.15, -0.1) is 23.4 Å². The number of aromatic nitrogens is 3. The Kier molecular flexibility index (Phi) is 4.82. The van der Waals surface area contributed by atoms with Crippen LogP contribution in [0.3, 0.4) is 0 Å². The van der Waals surface area contributed by atoms with Gasteiger partial charge in [0.15, 0.2) is 0 Å². The molecule has 1 unspecified atom stereocenters. The van der Waals surface area contributed by atoms with Gasteiger partial charge in [0, 0.05) is 13.0 Å². The van der Waals surface area contributed by atoms with Crippen molar-refractivity contribution in [3.8, 4) is 23.1 Å². The van der Waals surface area contributed by atoms with E-state index < -0.39 is 12.0 Å². The molecule has 0 radical (unpaired) electrons. The highest BCUT2D eigenvalue weighted by Crippen LogP contribution is 2.34. The molecule has 0 saturated heterocycles. The van der Waals surface area contributed by atoms with Crippen molar-refractivity contribution in [1.29, 1.82) is 0 Å². The molecule has 0 amide bonds. The van der Waals surface area contributed by atoms with Crippen molar-refractivity contribution in [2.45, 2.75) is 25.8 Å². The number of rotatable bonds is 5. The Balaban J connectivity index is 1.45. The normalized spacial score (nSPS) is 18.6. The third-order valence-corrected chi connectivity index (χ3v) is 4.14. The summed E-state index contributed by atoms with van der Waals surface area (Å²) in [6.07, 6.45) is -1.61. The van der Waals surface area contributed by atoms with Crippen LogP contribution in [0.15, 0.2) is 59.0 Å². The van der Waals surface area contributed by atoms with Crippen LogP contribution >= 0.6 is 0 Å². The maximum absolute atomic E-state index is 12.3. The molecule has 30 heavy (non-hydrogen) atoms. The van der Waals surface area contributed by atoms with Crippen LogP contribution in [0.25, 0.3) is 11.6 Å². The summed E-state index contributed by atoms with van der Waals surface area (Å²) in [6.45, 7) is 3.41. The largest absolute Gasteiger partial charge is 0.573 e. The molecule has 0 aliphatic carbocycles. The highest BCUT2D eigenvalue weighted by Gasteiger charge is 2.34. The standard InChI is InChI=1S/C19H15F3N4O4/c1-11-24-25-17(27-11)15-8-7-14(10-23-15)28-16-9-18(2,30-26-16)12-3-5-13(6-4-12)29-19(20,21)22/h3-10,26H,1-2H3. The van der Waals surface area contributed by atoms with Gasteiger partial charge >= 0.3 is 6.36 Å². The van der Waals surface area contributed by atoms with Crippen LogP contribution in [0.2, 0.25) is 0 Å². The maximum Gasteiger partial charge on any atom is 0.573 e. The summed E-state index contributed by atoms with van der Waals surface area (Å²) in [5.41, 5.74) is 2.80. The summed E-state index contributed by atoms with van der Waals surface area (Å²) in [5.74, 6) is 1.14. The van der Waals surface area contributed by atoms with Gasteiger partial charge in [0.2, 0.25) is 11.8 Å². The van der Waals surface area contributed by atoms with Crippen LogP contribution in [-0.4, -0.2) is 21.5 Å². The lowest BCUT2D eigenvalue weighted by Gasteiger charge is -2.20. The molecule has 0 saturated carbocycles. The third-order valence-electron chi connectivity index (χ3n) is 4.14. The van der Waals surface area contributed by atoms with E-state index in [0.717, 1.165) is 0 Å². The number of hydrogen-bond acceptors (Lipinski definition) is 8. The molecule has 156 valence electrons. The van der Waals surface area contributed by atoms with E-state index in [9.17, 15) is 13.2 Å². The van der Waals surface area contributed by atoms with Gasteiger partial charge in [-0.2, -0.15) is 0 Å². The van der Waals surface area contributed by atoms with E-state index in [1.165, 1.54) is 30.5 Å². The lowest BCUT2D eigenvalue weighted by molar-refractivity contribution is -0.274. The number of nitrogens with one attached hydrogen (secondary N) is 1. The first-order valence-electron chi connectivity index (χ1n) is 8.68. The maximum atomic E-state index is 12.3. The molecule has 1 aliphatic heterocycles. The van der Waals surface area contributed by atoms with Gasteiger partial charge in [0.05, 0.1) is 6.20 Å². The summed E-state index contributed by atoms with van der Waals surface area (Å²) < 4.78 is 51.8. The molecule has 4 rings (SSSR count). The van der Waals surface area contributed by atoms with Gasteiger partial charge in [0.1, 0.15) is 22.8 Å². The topological polar surface area (TPSA) is 91.5 Å². The van der Waals surface area contributed by atoms with Gasteiger partial charge in [-0.1, -0.05) is 12.1 Å². The molecule has 1 N–H and O–H groups in total. The van der Waals surface area contributed by atoms with E-state index in [2.05, 4.69) is 25.4 Å². The zero-order valence-corrected chi connectivity index (χ0v) is 15.7. The Morgan fingerprint density at radius 3 is 2.37 bits per heavy atom. The van der Waals surface area contributed by atoms with E-state index >= 15 is 0 Å². The summed E-state index contributed by atoms with van der Waals surface area (Å²) in [6, 6.07) is 8.72. The molecule has 0 bridgehead atoms. The fourth-order valence-corrected chi connectivity index (χ4v) is 2.74. The first-order chi connectivity index (χ1) is 14.2. The van der Waals surface area contributed by atoms with E-state index in [0.29, 0.717) is 34.7 Å². The predicted octanol–water partition coefficient (Wildman–Crippen LogP) is 4.01. The smallest absolute Gasteiger partial charge is 0.438 e. The van der Waals surface area contributed by atoms with Gasteiger partial charge in [-0.3, -0.25) is 4.84 Å². The number of pyridine rings is 1. The lowest BCUT2D eigenvalue weighted by atomic mass is 9.96. The minimum atomic E-state index is -4.75. The van der Waals surface area contributed by atoms with Crippen LogP contribution in [0.1, 0.15) is 18.4 Å². The van der Waals surface area contributed by atoms with Crippen LogP contribution < -0.4 is 15.0 Å². The average molecular weight is 420 g/mol. The van der Waals surface area contributed by atoms with Crippen molar-refractivity contribution >= 4 is 0 Å². The van der Waals surface area contributed by atoms with Crippen LogP contribution in [0.4, 0.5) is 13.2 Å². The van der Waals surface area contributed by atoms with Crippen LogP contribution in [0, 0.1) is 6.92 Å². The molecular formula is C19H15F3N4O4. The van der Waals surface area contributed by atoms with Crippen molar-refractivity contribution in [2.24, 2.45) is 0 Å². The fourth-order valence-electron chi connectivity index (χ4n) is 2.74. The fraction of sp³-hybridized carbons (Fsp3) is 0.211.